The van der Waals surface area contributed by atoms with Crippen molar-refractivity contribution in [2.75, 3.05) is 5.88 Å². The molecule has 1 rings (SSSR count). The van der Waals surface area contributed by atoms with Crippen molar-refractivity contribution in [1.29, 1.82) is 0 Å². The lowest BCUT2D eigenvalue weighted by atomic mass is 10.3. The van der Waals surface area contributed by atoms with Crippen LogP contribution in [-0.4, -0.2) is 21.9 Å². The zero-order valence-electron chi connectivity index (χ0n) is 8.07. The molecule has 0 spiro atoms. The van der Waals surface area contributed by atoms with Gasteiger partial charge in [-0.1, -0.05) is 19.8 Å². The van der Waals surface area contributed by atoms with Crippen LogP contribution >= 0.6 is 22.9 Å². The first-order chi connectivity index (χ1) is 6.72. The average molecular weight is 236 g/mol. The lowest BCUT2D eigenvalue weighted by molar-refractivity contribution is 0.0691. The van der Waals surface area contributed by atoms with Gasteiger partial charge in [-0.25, -0.2) is 9.78 Å². The number of carbonyl (C=O) groups is 1. The Morgan fingerprint density at radius 1 is 1.64 bits per heavy atom. The Balaban J connectivity index is 0.000000255. The van der Waals surface area contributed by atoms with Crippen LogP contribution in [0.15, 0.2) is 10.9 Å². The fourth-order valence-corrected chi connectivity index (χ4v) is 1.38. The molecule has 0 aliphatic carbocycles. The third-order valence-corrected chi connectivity index (χ3v) is 2.24. The highest BCUT2D eigenvalue weighted by Gasteiger charge is 2.00. The maximum absolute atomic E-state index is 10.0. The first-order valence-electron chi connectivity index (χ1n) is 4.39. The molecule has 0 aliphatic rings. The molecule has 0 fully saturated rings. The lowest BCUT2D eigenvalue weighted by Gasteiger charge is -1.84. The van der Waals surface area contributed by atoms with Gasteiger partial charge in [-0.05, 0) is 6.42 Å². The quantitative estimate of drug-likeness (QED) is 0.644. The number of rotatable bonds is 4. The third kappa shape index (κ3) is 6.86. The summed E-state index contributed by atoms with van der Waals surface area (Å²) in [5, 5.41) is 9.71. The number of hydrogen-bond acceptors (Lipinski definition) is 3. The van der Waals surface area contributed by atoms with Crippen molar-refractivity contribution < 1.29 is 9.90 Å². The van der Waals surface area contributed by atoms with Crippen LogP contribution < -0.4 is 0 Å². The molecule has 1 aromatic rings. The van der Waals surface area contributed by atoms with Crippen molar-refractivity contribution >= 4 is 28.9 Å². The second kappa shape index (κ2) is 8.97. The molecule has 1 N–H and O–H groups in total. The Morgan fingerprint density at radius 3 is 2.57 bits per heavy atom. The van der Waals surface area contributed by atoms with Gasteiger partial charge in [0.1, 0.15) is 0 Å². The molecule has 0 bridgehead atoms. The standard InChI is InChI=1S/C5H11Cl.C4H3NO2S/c1-2-3-4-5-6;6-4(7)3-1-8-2-5-3/h2-5H2,1H3;1-2H,(H,6,7). The number of thiazole rings is 1. The predicted octanol–water partition coefficient (Wildman–Crippen LogP) is 3.26. The van der Waals surface area contributed by atoms with Crippen LogP contribution in [0.3, 0.4) is 0 Å². The second-order valence-electron chi connectivity index (χ2n) is 2.57. The fraction of sp³-hybridized carbons (Fsp3) is 0.556. The summed E-state index contributed by atoms with van der Waals surface area (Å²) >= 11 is 6.66. The van der Waals surface area contributed by atoms with E-state index in [-0.39, 0.29) is 5.69 Å². The van der Waals surface area contributed by atoms with E-state index in [2.05, 4.69) is 11.9 Å². The minimum Gasteiger partial charge on any atom is -0.476 e. The molecule has 1 aromatic heterocycles. The van der Waals surface area contributed by atoms with Crippen molar-refractivity contribution in [3.63, 3.8) is 0 Å². The van der Waals surface area contributed by atoms with Gasteiger partial charge in [-0.15, -0.1) is 22.9 Å². The molecule has 0 amide bonds. The molecule has 80 valence electrons. The van der Waals surface area contributed by atoms with Crippen molar-refractivity contribution in [3.8, 4) is 0 Å². The number of hydrogen-bond donors (Lipinski definition) is 1. The Hall–Kier alpha value is -0.610. The van der Waals surface area contributed by atoms with Crippen LogP contribution in [0.25, 0.3) is 0 Å². The molecular formula is C9H14ClNO2S. The highest BCUT2D eigenvalue weighted by molar-refractivity contribution is 7.07. The van der Waals surface area contributed by atoms with Crippen molar-refractivity contribution in [2.24, 2.45) is 0 Å². The van der Waals surface area contributed by atoms with Crippen LogP contribution in [0.5, 0.6) is 0 Å². The van der Waals surface area contributed by atoms with Gasteiger partial charge in [0.05, 0.1) is 5.51 Å². The summed E-state index contributed by atoms with van der Waals surface area (Å²) in [5.41, 5.74) is 1.61. The molecule has 3 nitrogen and oxygen atoms in total. The van der Waals surface area contributed by atoms with E-state index in [9.17, 15) is 4.79 Å². The Bertz CT molecular complexity index is 235. The van der Waals surface area contributed by atoms with Gasteiger partial charge in [-0.2, -0.15) is 0 Å². The molecule has 0 radical (unpaired) electrons. The van der Waals surface area contributed by atoms with Crippen LogP contribution in [0, 0.1) is 0 Å². The molecule has 0 aliphatic heterocycles. The average Bonchev–Trinajstić information content (AvgIpc) is 2.68. The van der Waals surface area contributed by atoms with E-state index in [1.807, 2.05) is 0 Å². The van der Waals surface area contributed by atoms with Gasteiger partial charge < -0.3 is 5.11 Å². The Labute approximate surface area is 92.7 Å². The maximum Gasteiger partial charge on any atom is 0.355 e. The van der Waals surface area contributed by atoms with Crippen molar-refractivity contribution in [3.05, 3.63) is 16.6 Å². The van der Waals surface area contributed by atoms with E-state index in [0.717, 1.165) is 5.88 Å². The van der Waals surface area contributed by atoms with Crippen molar-refractivity contribution in [1.82, 2.24) is 4.98 Å². The molecule has 1 heterocycles. The van der Waals surface area contributed by atoms with Crippen LogP contribution in [0.2, 0.25) is 0 Å². The van der Waals surface area contributed by atoms with E-state index in [0.29, 0.717) is 0 Å². The van der Waals surface area contributed by atoms with E-state index in [1.54, 1.807) is 0 Å². The molecule has 0 saturated carbocycles. The highest BCUT2D eigenvalue weighted by Crippen LogP contribution is 1.98. The fourth-order valence-electron chi connectivity index (χ4n) is 0.663. The minimum absolute atomic E-state index is 0.120. The summed E-state index contributed by atoms with van der Waals surface area (Å²) in [6.07, 6.45) is 3.73. The molecule has 0 atom stereocenters. The SMILES string of the molecule is CCCCCCl.O=C(O)c1cscn1. The Kier molecular flexibility index (Phi) is 8.57. The summed E-state index contributed by atoms with van der Waals surface area (Å²) in [6, 6.07) is 0. The van der Waals surface area contributed by atoms with Gasteiger partial charge in [0.25, 0.3) is 0 Å². The van der Waals surface area contributed by atoms with E-state index < -0.39 is 5.97 Å². The zero-order chi connectivity index (χ0) is 10.8. The molecule has 0 saturated heterocycles. The summed E-state index contributed by atoms with van der Waals surface area (Å²) in [7, 11) is 0. The van der Waals surface area contributed by atoms with E-state index in [1.165, 1.54) is 41.5 Å². The number of halogens is 1. The summed E-state index contributed by atoms with van der Waals surface area (Å²) in [6.45, 7) is 2.17. The molecular weight excluding hydrogens is 222 g/mol. The van der Waals surface area contributed by atoms with Gasteiger partial charge in [0, 0.05) is 11.3 Å². The number of aromatic nitrogens is 1. The van der Waals surface area contributed by atoms with Gasteiger partial charge in [-0.3, -0.25) is 0 Å². The number of alkyl halides is 1. The highest BCUT2D eigenvalue weighted by atomic mass is 35.5. The minimum atomic E-state index is -0.966. The molecule has 5 heteroatoms. The molecule has 0 aromatic carbocycles. The third-order valence-electron chi connectivity index (χ3n) is 1.39. The monoisotopic (exact) mass is 235 g/mol. The first-order valence-corrected chi connectivity index (χ1v) is 5.87. The maximum atomic E-state index is 10.0. The van der Waals surface area contributed by atoms with Crippen molar-refractivity contribution in [2.45, 2.75) is 26.2 Å². The predicted molar refractivity (Wildman–Crippen MR) is 59.3 cm³/mol. The number of nitrogens with zero attached hydrogens (tertiary/aromatic N) is 1. The number of aromatic carboxylic acids is 1. The summed E-state index contributed by atoms with van der Waals surface area (Å²) in [4.78, 5) is 13.5. The van der Waals surface area contributed by atoms with Crippen LogP contribution in [0.1, 0.15) is 36.7 Å². The smallest absolute Gasteiger partial charge is 0.355 e. The second-order valence-corrected chi connectivity index (χ2v) is 3.67. The summed E-state index contributed by atoms with van der Waals surface area (Å²) < 4.78 is 0. The topological polar surface area (TPSA) is 50.2 Å². The normalized spacial score (nSPS) is 9.00. The Morgan fingerprint density at radius 2 is 2.36 bits per heavy atom. The summed E-state index contributed by atoms with van der Waals surface area (Å²) in [5.74, 6) is -0.139. The van der Waals surface area contributed by atoms with Gasteiger partial charge >= 0.3 is 5.97 Å². The number of unbranched alkanes of at least 4 members (excludes halogenated alkanes) is 2. The zero-order valence-corrected chi connectivity index (χ0v) is 9.64. The van der Waals surface area contributed by atoms with Crippen LogP contribution in [-0.2, 0) is 0 Å². The number of carboxylic acids is 1. The molecule has 14 heavy (non-hydrogen) atoms. The van der Waals surface area contributed by atoms with E-state index in [4.69, 9.17) is 16.7 Å². The molecule has 0 unspecified atom stereocenters. The van der Waals surface area contributed by atoms with Crippen LogP contribution in [0.4, 0.5) is 0 Å². The lowest BCUT2D eigenvalue weighted by Crippen LogP contribution is -1.94. The number of carboxylic acid groups (broad SMARTS) is 1. The largest absolute Gasteiger partial charge is 0.476 e. The van der Waals surface area contributed by atoms with Gasteiger partial charge in [0.2, 0.25) is 0 Å². The first kappa shape index (κ1) is 13.4. The van der Waals surface area contributed by atoms with E-state index >= 15 is 0 Å². The van der Waals surface area contributed by atoms with Gasteiger partial charge in [0.15, 0.2) is 5.69 Å².